The van der Waals surface area contributed by atoms with Gasteiger partial charge >= 0.3 is 17.9 Å². The van der Waals surface area contributed by atoms with Crippen LogP contribution >= 0.6 is 11.8 Å². The lowest BCUT2D eigenvalue weighted by Gasteiger charge is -2.23. The van der Waals surface area contributed by atoms with Crippen LogP contribution < -0.4 is 16.4 Å². The molecule has 8 N–H and O–H groups in total. The molecule has 0 aliphatic heterocycles. The molecule has 0 fully saturated rings. The van der Waals surface area contributed by atoms with Crippen molar-refractivity contribution < 1.29 is 44.4 Å². The lowest BCUT2D eigenvalue weighted by atomic mass is 10.1. The van der Waals surface area contributed by atoms with E-state index in [4.69, 9.17) is 21.1 Å². The molecule has 0 aromatic heterocycles. The Labute approximate surface area is 257 Å². The highest BCUT2D eigenvalue weighted by molar-refractivity contribution is 8.00. The summed E-state index contributed by atoms with van der Waals surface area (Å²) in [6.45, 7) is 1.49. The van der Waals surface area contributed by atoms with E-state index in [1.54, 1.807) is 18.2 Å². The molecule has 0 aliphatic carbocycles. The number of carbonyl (C=O) groups excluding carboxylic acids is 2. The third kappa shape index (κ3) is 22.8. The minimum Gasteiger partial charge on any atom is -0.481 e. The zero-order valence-electron chi connectivity index (χ0n) is 24.7. The molecule has 0 saturated heterocycles. The van der Waals surface area contributed by atoms with Crippen molar-refractivity contribution in [3.63, 3.8) is 0 Å². The van der Waals surface area contributed by atoms with Crippen LogP contribution in [-0.2, 0) is 24.0 Å². The number of carboxylic acid groups (broad SMARTS) is 3. The Hall–Kier alpha value is -3.42. The van der Waals surface area contributed by atoms with Crippen molar-refractivity contribution in [3.8, 4) is 0 Å². The fraction of sp³-hybridized carbons (Fsp3) is 0.567. The van der Waals surface area contributed by atoms with Gasteiger partial charge in [-0.1, -0.05) is 68.4 Å². The number of rotatable bonds is 25. The topological polar surface area (TPSA) is 216 Å². The molecule has 0 aromatic rings. The van der Waals surface area contributed by atoms with E-state index in [0.29, 0.717) is 0 Å². The standard InChI is InChI=1S/C30H47N3O9S/c1-2-3-4-5-6-7-8-9-10-11-12-13-16-25(24(34)15-14-17-27(36)37)43-21-23(29(40)32-20-28(38)39)33-26(35)19-18-22(31)30(41)42/h6-7,9-13,16,22-25,34H,2-5,8,14-15,17-21,31H2,1H3,(H,32,40)(H,33,35)(H,36,37)(H,38,39)(H,41,42)/b7-6-,10-9+,12-11+,16-13-/t22-,23-,24-,25+/m0/s1. The molecule has 0 spiro atoms. The Morgan fingerprint density at radius 3 is 2.23 bits per heavy atom. The third-order valence-corrected chi connectivity index (χ3v) is 7.36. The summed E-state index contributed by atoms with van der Waals surface area (Å²) in [6.07, 6.45) is 19.5. The van der Waals surface area contributed by atoms with Gasteiger partial charge < -0.3 is 36.8 Å². The first-order valence-electron chi connectivity index (χ1n) is 14.4. The van der Waals surface area contributed by atoms with Gasteiger partial charge in [0.05, 0.1) is 6.10 Å². The minimum atomic E-state index is -1.28. The highest BCUT2D eigenvalue weighted by Crippen LogP contribution is 2.22. The number of aliphatic hydroxyl groups excluding tert-OH is 1. The first-order valence-corrected chi connectivity index (χ1v) is 15.5. The van der Waals surface area contributed by atoms with Gasteiger partial charge in [-0.25, -0.2) is 0 Å². The predicted molar refractivity (Wildman–Crippen MR) is 166 cm³/mol. The van der Waals surface area contributed by atoms with Crippen LogP contribution in [0.1, 0.15) is 71.1 Å². The van der Waals surface area contributed by atoms with Crippen molar-refractivity contribution in [2.24, 2.45) is 5.73 Å². The summed E-state index contributed by atoms with van der Waals surface area (Å²) in [7, 11) is 0. The van der Waals surface area contributed by atoms with E-state index < -0.39 is 59.7 Å². The Bertz CT molecular complexity index is 982. The van der Waals surface area contributed by atoms with E-state index in [-0.39, 0.29) is 37.9 Å². The van der Waals surface area contributed by atoms with Crippen molar-refractivity contribution in [1.82, 2.24) is 10.6 Å². The molecule has 12 nitrogen and oxygen atoms in total. The Balaban J connectivity index is 5.38. The maximum absolute atomic E-state index is 12.6. The number of unbranched alkanes of at least 4 members (excludes halogenated alkanes) is 3. The minimum absolute atomic E-state index is 0.0542. The number of aliphatic hydroxyl groups is 1. The normalized spacial score (nSPS) is 14.7. The van der Waals surface area contributed by atoms with Gasteiger partial charge in [0.15, 0.2) is 0 Å². The Morgan fingerprint density at radius 1 is 0.860 bits per heavy atom. The molecule has 0 radical (unpaired) electrons. The Kier molecular flexibility index (Phi) is 23.1. The van der Waals surface area contributed by atoms with E-state index in [2.05, 4.69) is 29.7 Å². The lowest BCUT2D eigenvalue weighted by molar-refractivity contribution is -0.139. The van der Waals surface area contributed by atoms with Crippen LogP contribution in [0.5, 0.6) is 0 Å². The second-order valence-corrected chi connectivity index (χ2v) is 11.0. The van der Waals surface area contributed by atoms with Crippen molar-refractivity contribution in [2.75, 3.05) is 12.3 Å². The highest BCUT2D eigenvalue weighted by atomic mass is 32.2. The van der Waals surface area contributed by atoms with Crippen molar-refractivity contribution in [2.45, 2.75) is 94.6 Å². The van der Waals surface area contributed by atoms with Crippen molar-refractivity contribution in [1.29, 1.82) is 0 Å². The number of amides is 2. The number of allylic oxidation sites excluding steroid dienone is 7. The van der Waals surface area contributed by atoms with Gasteiger partial charge in [0.25, 0.3) is 0 Å². The van der Waals surface area contributed by atoms with E-state index in [1.807, 2.05) is 18.2 Å². The number of carboxylic acids is 3. The van der Waals surface area contributed by atoms with Crippen LogP contribution in [0, 0.1) is 0 Å². The summed E-state index contributed by atoms with van der Waals surface area (Å²) in [5, 5.41) is 41.6. The summed E-state index contributed by atoms with van der Waals surface area (Å²) in [5.41, 5.74) is 5.43. The molecule has 0 aromatic carbocycles. The molecule has 242 valence electrons. The number of aliphatic carboxylic acids is 3. The number of hydrogen-bond acceptors (Lipinski definition) is 8. The average molecular weight is 626 g/mol. The number of thioether (sulfide) groups is 1. The van der Waals surface area contributed by atoms with Gasteiger partial charge in [-0.2, -0.15) is 0 Å². The number of nitrogens with two attached hydrogens (primary N) is 1. The number of nitrogens with one attached hydrogen (secondary N) is 2. The molecule has 0 unspecified atom stereocenters. The largest absolute Gasteiger partial charge is 0.481 e. The average Bonchev–Trinajstić information content (AvgIpc) is 2.95. The number of hydrogen-bond donors (Lipinski definition) is 7. The predicted octanol–water partition coefficient (Wildman–Crippen LogP) is 2.78. The first-order chi connectivity index (χ1) is 20.5. The Morgan fingerprint density at radius 2 is 1.58 bits per heavy atom. The second kappa shape index (κ2) is 25.1. The maximum atomic E-state index is 12.6. The third-order valence-electron chi connectivity index (χ3n) is 5.97. The monoisotopic (exact) mass is 625 g/mol. The van der Waals surface area contributed by atoms with E-state index in [9.17, 15) is 29.1 Å². The van der Waals surface area contributed by atoms with E-state index in [1.165, 1.54) is 19.3 Å². The van der Waals surface area contributed by atoms with Gasteiger partial charge in [-0.05, 0) is 38.5 Å². The molecule has 13 heteroatoms. The smallest absolute Gasteiger partial charge is 0.322 e. The molecular formula is C30H47N3O9S. The highest BCUT2D eigenvalue weighted by Gasteiger charge is 2.25. The molecule has 0 saturated carbocycles. The van der Waals surface area contributed by atoms with Crippen molar-refractivity contribution >= 4 is 41.5 Å². The number of carbonyl (C=O) groups is 5. The van der Waals surface area contributed by atoms with Gasteiger partial charge in [-0.3, -0.25) is 24.0 Å². The molecule has 2 amide bonds. The molecule has 4 atom stereocenters. The van der Waals surface area contributed by atoms with Crippen LogP contribution in [0.3, 0.4) is 0 Å². The molecule has 43 heavy (non-hydrogen) atoms. The fourth-order valence-corrected chi connectivity index (χ4v) is 4.75. The van der Waals surface area contributed by atoms with Crippen LogP contribution in [0.15, 0.2) is 48.6 Å². The summed E-state index contributed by atoms with van der Waals surface area (Å²) >= 11 is 1.13. The van der Waals surface area contributed by atoms with Crippen LogP contribution in [0.25, 0.3) is 0 Å². The molecule has 0 bridgehead atoms. The van der Waals surface area contributed by atoms with E-state index >= 15 is 0 Å². The van der Waals surface area contributed by atoms with Gasteiger partial charge in [-0.15, -0.1) is 11.8 Å². The van der Waals surface area contributed by atoms with Crippen LogP contribution in [0.2, 0.25) is 0 Å². The van der Waals surface area contributed by atoms with Crippen molar-refractivity contribution in [3.05, 3.63) is 48.6 Å². The summed E-state index contributed by atoms with van der Waals surface area (Å²) in [4.78, 5) is 57.8. The summed E-state index contributed by atoms with van der Waals surface area (Å²) in [5.74, 6) is -5.01. The molecule has 0 heterocycles. The van der Waals surface area contributed by atoms with Crippen LogP contribution in [0.4, 0.5) is 0 Å². The molecular weight excluding hydrogens is 578 g/mol. The lowest BCUT2D eigenvalue weighted by Crippen LogP contribution is -2.50. The SMILES string of the molecule is CCCCC/C=C\C/C=C/C=C/C=C\[C@@H](SC[C@H](NC(=O)CC[C@H](N)C(=O)O)C(=O)NCC(=O)O)[C@@H](O)CCCC(=O)O. The zero-order valence-corrected chi connectivity index (χ0v) is 25.5. The summed E-state index contributed by atoms with van der Waals surface area (Å²) in [6, 6.07) is -2.45. The van der Waals surface area contributed by atoms with Gasteiger partial charge in [0.2, 0.25) is 11.8 Å². The van der Waals surface area contributed by atoms with Crippen LogP contribution in [-0.4, -0.2) is 85.9 Å². The maximum Gasteiger partial charge on any atom is 0.322 e. The summed E-state index contributed by atoms with van der Waals surface area (Å²) < 4.78 is 0. The quantitative estimate of drug-likeness (QED) is 0.0444. The molecule has 0 rings (SSSR count). The molecule has 0 aliphatic rings. The fourth-order valence-electron chi connectivity index (χ4n) is 3.54. The second-order valence-electron chi connectivity index (χ2n) is 9.77. The van der Waals surface area contributed by atoms with Gasteiger partial charge in [0.1, 0.15) is 18.6 Å². The van der Waals surface area contributed by atoms with E-state index in [0.717, 1.165) is 24.6 Å². The zero-order chi connectivity index (χ0) is 32.5. The first kappa shape index (κ1) is 39.6. The van der Waals surface area contributed by atoms with Gasteiger partial charge in [0, 0.05) is 23.8 Å².